The van der Waals surface area contributed by atoms with E-state index in [1.165, 1.54) is 18.4 Å². The molecule has 12 heavy (non-hydrogen) atoms. The molecule has 2 heterocycles. The lowest BCUT2D eigenvalue weighted by Gasteiger charge is -2.24. The van der Waals surface area contributed by atoms with E-state index < -0.39 is 0 Å². The average Bonchev–Trinajstić information content (AvgIpc) is 2.40. The maximum atomic E-state index is 5.67. The van der Waals surface area contributed by atoms with Crippen LogP contribution in [0.25, 0.3) is 0 Å². The zero-order valence-corrected chi connectivity index (χ0v) is 9.28. The molecule has 3 atom stereocenters. The lowest BCUT2D eigenvalue weighted by Crippen LogP contribution is -2.26. The Bertz CT molecular complexity index is 203. The number of fused-ring (bicyclic) bond motifs is 1. The third-order valence-electron chi connectivity index (χ3n) is 2.63. The molecule has 0 aromatic heterocycles. The van der Waals surface area contributed by atoms with E-state index >= 15 is 0 Å². The maximum Gasteiger partial charge on any atom is 0.164 e. The second-order valence-corrected chi connectivity index (χ2v) is 4.00. The Balaban J connectivity index is 2.16. The number of hydrogen-bond donors (Lipinski definition) is 0. The van der Waals surface area contributed by atoms with Gasteiger partial charge in [0.05, 0.1) is 6.10 Å². The molecule has 0 aromatic carbocycles. The predicted octanol–water partition coefficient (Wildman–Crippen LogP) is 2.48. The molecule has 0 spiro atoms. The first-order chi connectivity index (χ1) is 5.83. The molecule has 0 N–H and O–H groups in total. The second-order valence-electron chi connectivity index (χ2n) is 3.38. The number of halogens is 1. The van der Waals surface area contributed by atoms with E-state index in [4.69, 9.17) is 9.47 Å². The van der Waals surface area contributed by atoms with Crippen molar-refractivity contribution in [3.63, 3.8) is 0 Å². The second kappa shape index (κ2) is 3.64. The van der Waals surface area contributed by atoms with Gasteiger partial charge in [-0.2, -0.15) is 0 Å². The molecule has 2 nitrogen and oxygen atoms in total. The van der Waals surface area contributed by atoms with Gasteiger partial charge < -0.3 is 9.47 Å². The molecule has 68 valence electrons. The summed E-state index contributed by atoms with van der Waals surface area (Å²) in [7, 11) is 0. The highest BCUT2D eigenvalue weighted by Gasteiger charge is 2.39. The molecule has 0 aliphatic carbocycles. The molecule has 0 radical (unpaired) electrons. The van der Waals surface area contributed by atoms with Gasteiger partial charge in [0.25, 0.3) is 0 Å². The van der Waals surface area contributed by atoms with E-state index in [1.807, 2.05) is 0 Å². The van der Waals surface area contributed by atoms with Crippen LogP contribution in [-0.4, -0.2) is 19.0 Å². The van der Waals surface area contributed by atoms with Crippen LogP contribution in [0.3, 0.4) is 0 Å². The molecule has 0 aromatic rings. The van der Waals surface area contributed by atoms with Gasteiger partial charge in [-0.1, -0.05) is 22.6 Å². The highest BCUT2D eigenvalue weighted by Crippen LogP contribution is 2.38. The van der Waals surface area contributed by atoms with Crippen LogP contribution in [0.2, 0.25) is 0 Å². The molecule has 0 amide bonds. The van der Waals surface area contributed by atoms with Crippen LogP contribution in [0.1, 0.15) is 19.8 Å². The van der Waals surface area contributed by atoms with Crippen molar-refractivity contribution in [1.82, 2.24) is 0 Å². The topological polar surface area (TPSA) is 18.5 Å². The highest BCUT2D eigenvalue weighted by atomic mass is 127. The SMILES string of the molecule is C[C@@H]1O[C@@H]2OCCC[C@@H]2/C1=C/I. The lowest BCUT2D eigenvalue weighted by molar-refractivity contribution is -0.163. The fourth-order valence-electron chi connectivity index (χ4n) is 1.96. The molecule has 2 saturated heterocycles. The molecule has 2 rings (SSSR count). The van der Waals surface area contributed by atoms with Gasteiger partial charge in [-0.15, -0.1) is 0 Å². The summed E-state index contributed by atoms with van der Waals surface area (Å²) in [5.74, 6) is 0.533. The van der Waals surface area contributed by atoms with Gasteiger partial charge >= 0.3 is 0 Å². The first-order valence-electron chi connectivity index (χ1n) is 4.40. The third-order valence-corrected chi connectivity index (χ3v) is 3.35. The van der Waals surface area contributed by atoms with Gasteiger partial charge in [0.1, 0.15) is 0 Å². The van der Waals surface area contributed by atoms with Crippen molar-refractivity contribution in [3.8, 4) is 0 Å². The molecule has 0 bridgehead atoms. The average molecular weight is 280 g/mol. The zero-order chi connectivity index (χ0) is 8.55. The summed E-state index contributed by atoms with van der Waals surface area (Å²) in [6.45, 7) is 2.97. The molecule has 0 unspecified atom stereocenters. The third kappa shape index (κ3) is 1.42. The highest BCUT2D eigenvalue weighted by molar-refractivity contribution is 14.1. The summed E-state index contributed by atoms with van der Waals surface area (Å²) < 4.78 is 13.4. The minimum Gasteiger partial charge on any atom is -0.352 e. The Morgan fingerprint density at radius 3 is 3.17 bits per heavy atom. The standard InChI is InChI=1S/C9H13IO2/c1-6-8(5-10)7-3-2-4-11-9(7)12-6/h5-7,9H,2-4H2,1H3/b8-5+/t6-,7+,9-/m0/s1. The van der Waals surface area contributed by atoms with Crippen molar-refractivity contribution in [2.24, 2.45) is 5.92 Å². The Morgan fingerprint density at radius 2 is 2.42 bits per heavy atom. The van der Waals surface area contributed by atoms with Gasteiger partial charge in [0.15, 0.2) is 6.29 Å². The van der Waals surface area contributed by atoms with Crippen LogP contribution < -0.4 is 0 Å². The molecule has 3 heteroatoms. The quantitative estimate of drug-likeness (QED) is 0.635. The summed E-state index contributed by atoms with van der Waals surface area (Å²) in [5.41, 5.74) is 1.42. The van der Waals surface area contributed by atoms with Crippen LogP contribution in [0.15, 0.2) is 9.66 Å². The van der Waals surface area contributed by atoms with E-state index in [0.29, 0.717) is 5.92 Å². The van der Waals surface area contributed by atoms with Crippen molar-refractivity contribution in [3.05, 3.63) is 9.66 Å². The van der Waals surface area contributed by atoms with Crippen LogP contribution >= 0.6 is 22.6 Å². The van der Waals surface area contributed by atoms with Gasteiger partial charge in [0.2, 0.25) is 0 Å². The molecule has 0 saturated carbocycles. The lowest BCUT2D eigenvalue weighted by atomic mass is 9.93. The number of ether oxygens (including phenoxy) is 2. The Labute approximate surface area is 86.4 Å². The van der Waals surface area contributed by atoms with Crippen LogP contribution in [0.5, 0.6) is 0 Å². The van der Waals surface area contributed by atoms with E-state index in [-0.39, 0.29) is 12.4 Å². The van der Waals surface area contributed by atoms with Gasteiger partial charge in [0, 0.05) is 12.5 Å². The van der Waals surface area contributed by atoms with E-state index in [0.717, 1.165) is 6.61 Å². The fraction of sp³-hybridized carbons (Fsp3) is 0.778. The van der Waals surface area contributed by atoms with Crippen molar-refractivity contribution in [2.75, 3.05) is 6.61 Å². The smallest absolute Gasteiger partial charge is 0.164 e. The van der Waals surface area contributed by atoms with Crippen LogP contribution in [0, 0.1) is 5.92 Å². The normalized spacial score (nSPS) is 44.8. The van der Waals surface area contributed by atoms with Gasteiger partial charge in [-0.05, 0) is 29.4 Å². The fourth-order valence-corrected chi connectivity index (χ4v) is 2.93. The molecule has 2 aliphatic rings. The summed E-state index contributed by atoms with van der Waals surface area (Å²) in [6, 6.07) is 0. The minimum atomic E-state index is 0.0507. The van der Waals surface area contributed by atoms with Crippen molar-refractivity contribution >= 4 is 22.6 Å². The maximum absolute atomic E-state index is 5.67. The summed E-state index contributed by atoms with van der Waals surface area (Å²) in [6.07, 6.45) is 2.71. The number of hydrogen-bond acceptors (Lipinski definition) is 2. The van der Waals surface area contributed by atoms with Gasteiger partial charge in [-0.3, -0.25) is 0 Å². The first kappa shape index (κ1) is 8.97. The molecular formula is C9H13IO2. The number of rotatable bonds is 0. The van der Waals surface area contributed by atoms with E-state index in [1.54, 1.807) is 0 Å². The van der Waals surface area contributed by atoms with Crippen LogP contribution in [0.4, 0.5) is 0 Å². The monoisotopic (exact) mass is 280 g/mol. The summed E-state index contributed by atoms with van der Waals surface area (Å²) >= 11 is 2.30. The van der Waals surface area contributed by atoms with Crippen molar-refractivity contribution < 1.29 is 9.47 Å². The van der Waals surface area contributed by atoms with Crippen LogP contribution in [-0.2, 0) is 9.47 Å². The van der Waals surface area contributed by atoms with Crippen molar-refractivity contribution in [2.45, 2.75) is 32.2 Å². The van der Waals surface area contributed by atoms with Gasteiger partial charge in [-0.25, -0.2) is 0 Å². The summed E-state index contributed by atoms with van der Waals surface area (Å²) in [4.78, 5) is 0. The molecule has 2 aliphatic heterocycles. The minimum absolute atomic E-state index is 0.0507. The Hall–Kier alpha value is 0.390. The largest absolute Gasteiger partial charge is 0.352 e. The zero-order valence-electron chi connectivity index (χ0n) is 7.13. The molecule has 2 fully saturated rings. The summed E-state index contributed by atoms with van der Waals surface area (Å²) in [5, 5.41) is 0. The Morgan fingerprint density at radius 1 is 1.58 bits per heavy atom. The Kier molecular flexibility index (Phi) is 2.72. The van der Waals surface area contributed by atoms with E-state index in [9.17, 15) is 0 Å². The predicted molar refractivity (Wildman–Crippen MR) is 55.1 cm³/mol. The first-order valence-corrected chi connectivity index (χ1v) is 5.64. The van der Waals surface area contributed by atoms with E-state index in [2.05, 4.69) is 33.6 Å². The van der Waals surface area contributed by atoms with Crippen molar-refractivity contribution in [1.29, 1.82) is 0 Å². The molecular weight excluding hydrogens is 267 g/mol.